The average molecular weight is 426 g/mol. The van der Waals surface area contributed by atoms with Gasteiger partial charge < -0.3 is 9.88 Å². The number of nitrogens with one attached hydrogen (secondary N) is 1. The second-order valence-corrected chi connectivity index (χ2v) is 7.75. The van der Waals surface area contributed by atoms with Crippen LogP contribution in [0.5, 0.6) is 0 Å². The Morgan fingerprint density at radius 2 is 1.88 bits per heavy atom. The van der Waals surface area contributed by atoms with Gasteiger partial charge in [0.2, 0.25) is 0 Å². The monoisotopic (exact) mass is 425 g/mol. The fourth-order valence-electron chi connectivity index (χ4n) is 2.86. The molecule has 4 aromatic rings. The molecule has 0 spiro atoms. The summed E-state index contributed by atoms with van der Waals surface area (Å²) in [7, 11) is 0. The lowest BCUT2D eigenvalue weighted by Gasteiger charge is -2.10. The van der Waals surface area contributed by atoms with E-state index in [0.717, 1.165) is 21.3 Å². The van der Waals surface area contributed by atoms with Gasteiger partial charge in [0, 0.05) is 11.0 Å². The molecule has 0 aliphatic rings. The molecule has 0 bridgehead atoms. The van der Waals surface area contributed by atoms with E-state index < -0.39 is 0 Å². The van der Waals surface area contributed by atoms with Crippen molar-refractivity contribution >= 4 is 44.2 Å². The van der Waals surface area contributed by atoms with Crippen LogP contribution in [0.25, 0.3) is 11.0 Å². The van der Waals surface area contributed by atoms with Crippen molar-refractivity contribution in [2.45, 2.75) is 13.1 Å². The van der Waals surface area contributed by atoms with E-state index in [4.69, 9.17) is 4.98 Å². The van der Waals surface area contributed by atoms with E-state index in [-0.39, 0.29) is 5.91 Å². The second kappa shape index (κ2) is 7.43. The summed E-state index contributed by atoms with van der Waals surface area (Å²) in [6.45, 7) is 1.10. The molecule has 1 N–H and O–H groups in total. The van der Waals surface area contributed by atoms with E-state index in [1.165, 1.54) is 16.9 Å². The normalized spacial score (nSPS) is 11.0. The van der Waals surface area contributed by atoms with Gasteiger partial charge in [0.15, 0.2) is 0 Å². The third kappa shape index (κ3) is 3.57. The predicted molar refractivity (Wildman–Crippen MR) is 108 cm³/mol. The summed E-state index contributed by atoms with van der Waals surface area (Å²) in [5.74, 6) is 0.779. The first kappa shape index (κ1) is 17.0. The van der Waals surface area contributed by atoms with Gasteiger partial charge in [-0.2, -0.15) is 0 Å². The lowest BCUT2D eigenvalue weighted by atomic mass is 10.2. The zero-order valence-corrected chi connectivity index (χ0v) is 16.3. The van der Waals surface area contributed by atoms with E-state index in [1.807, 2.05) is 47.8 Å². The quantitative estimate of drug-likeness (QED) is 0.497. The zero-order chi connectivity index (χ0) is 17.9. The molecule has 1 amide bonds. The van der Waals surface area contributed by atoms with Crippen molar-refractivity contribution < 1.29 is 4.79 Å². The van der Waals surface area contributed by atoms with Gasteiger partial charge >= 0.3 is 0 Å². The van der Waals surface area contributed by atoms with Crippen LogP contribution in [-0.4, -0.2) is 15.5 Å². The van der Waals surface area contributed by atoms with Crippen LogP contribution in [0.2, 0.25) is 0 Å². The van der Waals surface area contributed by atoms with E-state index in [1.54, 1.807) is 0 Å². The Morgan fingerprint density at radius 3 is 2.65 bits per heavy atom. The number of rotatable bonds is 5. The number of halogens is 1. The molecular formula is C20H16BrN3OS. The maximum Gasteiger partial charge on any atom is 0.261 e. The topological polar surface area (TPSA) is 46.9 Å². The summed E-state index contributed by atoms with van der Waals surface area (Å²) in [5, 5.41) is 4.88. The first-order valence-corrected chi connectivity index (χ1v) is 9.88. The van der Waals surface area contributed by atoms with Gasteiger partial charge in [-0.25, -0.2) is 4.98 Å². The number of nitrogens with zero attached hydrogens (tertiary/aromatic N) is 2. The van der Waals surface area contributed by atoms with E-state index in [2.05, 4.69) is 44.0 Å². The Morgan fingerprint density at radius 1 is 1.08 bits per heavy atom. The molecule has 0 atom stereocenters. The van der Waals surface area contributed by atoms with Crippen molar-refractivity contribution in [3.05, 3.63) is 86.8 Å². The van der Waals surface area contributed by atoms with Crippen molar-refractivity contribution in [1.29, 1.82) is 0 Å². The molecule has 0 unspecified atom stereocenters. The second-order valence-electron chi connectivity index (χ2n) is 5.89. The first-order valence-electron chi connectivity index (χ1n) is 8.21. The minimum absolute atomic E-state index is 0.0674. The molecule has 26 heavy (non-hydrogen) atoms. The molecule has 6 heteroatoms. The largest absolute Gasteiger partial charge is 0.344 e. The summed E-state index contributed by atoms with van der Waals surface area (Å²) < 4.78 is 3.22. The Balaban J connectivity index is 1.63. The van der Waals surface area contributed by atoms with Gasteiger partial charge in [0.05, 0.1) is 22.5 Å². The van der Waals surface area contributed by atoms with E-state index >= 15 is 0 Å². The van der Waals surface area contributed by atoms with Crippen molar-refractivity contribution in [2.24, 2.45) is 0 Å². The first-order chi connectivity index (χ1) is 12.7. The summed E-state index contributed by atoms with van der Waals surface area (Å²) in [4.78, 5) is 17.7. The van der Waals surface area contributed by atoms with Gasteiger partial charge in [-0.3, -0.25) is 4.79 Å². The molecule has 4 nitrogen and oxygen atoms in total. The number of hydrogen-bond acceptors (Lipinski definition) is 3. The maximum atomic E-state index is 12.3. The van der Waals surface area contributed by atoms with Crippen LogP contribution in [0.15, 0.2) is 70.5 Å². The number of hydrogen-bond donors (Lipinski definition) is 1. The molecule has 2 heterocycles. The number of imidazole rings is 1. The van der Waals surface area contributed by atoms with Crippen molar-refractivity contribution in [3.8, 4) is 0 Å². The highest BCUT2D eigenvalue weighted by Gasteiger charge is 2.13. The van der Waals surface area contributed by atoms with Crippen molar-refractivity contribution in [3.63, 3.8) is 0 Å². The summed E-state index contributed by atoms with van der Waals surface area (Å²) >= 11 is 4.91. The zero-order valence-electron chi connectivity index (χ0n) is 13.9. The van der Waals surface area contributed by atoms with Crippen LogP contribution < -0.4 is 5.32 Å². The number of fused-ring (bicyclic) bond motifs is 1. The fraction of sp³-hybridized carbons (Fsp3) is 0.100. The lowest BCUT2D eigenvalue weighted by molar-refractivity contribution is 0.0953. The molecular weight excluding hydrogens is 410 g/mol. The van der Waals surface area contributed by atoms with Crippen LogP contribution in [-0.2, 0) is 13.1 Å². The summed E-state index contributed by atoms with van der Waals surface area (Å²) in [6.07, 6.45) is 0. The highest BCUT2D eigenvalue weighted by molar-refractivity contribution is 9.10. The van der Waals surface area contributed by atoms with Crippen LogP contribution in [0.3, 0.4) is 0 Å². The smallest absolute Gasteiger partial charge is 0.261 e. The highest BCUT2D eigenvalue weighted by atomic mass is 79.9. The highest BCUT2D eigenvalue weighted by Crippen LogP contribution is 2.19. The third-order valence-electron chi connectivity index (χ3n) is 4.14. The van der Waals surface area contributed by atoms with E-state index in [9.17, 15) is 4.79 Å². The molecule has 0 fully saturated rings. The molecule has 0 radical (unpaired) electrons. The van der Waals surface area contributed by atoms with Gasteiger partial charge in [-0.1, -0.05) is 46.3 Å². The third-order valence-corrected chi connectivity index (χ3v) is 5.54. The standard InChI is InChI=1S/C20H16BrN3OS/c21-15-9-7-14(8-10-15)13-24-17-5-2-1-4-16(17)23-19(24)12-22-20(25)18-6-3-11-26-18/h1-11H,12-13H2,(H,22,25). The van der Waals surface area contributed by atoms with Gasteiger partial charge in [0.25, 0.3) is 5.91 Å². The molecule has 2 aromatic heterocycles. The Hall–Kier alpha value is -2.44. The minimum Gasteiger partial charge on any atom is -0.344 e. The lowest BCUT2D eigenvalue weighted by Crippen LogP contribution is -2.24. The number of carbonyl (C=O) groups excluding carboxylic acids is 1. The van der Waals surface area contributed by atoms with Crippen LogP contribution in [0, 0.1) is 0 Å². The number of carbonyl (C=O) groups is 1. The van der Waals surface area contributed by atoms with Gasteiger partial charge in [-0.05, 0) is 41.3 Å². The van der Waals surface area contributed by atoms with Crippen LogP contribution in [0.1, 0.15) is 21.1 Å². The minimum atomic E-state index is -0.0674. The SMILES string of the molecule is O=C(NCc1nc2ccccc2n1Cc1ccc(Br)cc1)c1cccs1. The number of aromatic nitrogens is 2. The summed E-state index contributed by atoms with van der Waals surface area (Å²) in [6, 6.07) is 20.0. The van der Waals surface area contributed by atoms with Crippen LogP contribution >= 0.6 is 27.3 Å². The fourth-order valence-corrected chi connectivity index (χ4v) is 3.77. The number of para-hydroxylation sites is 2. The molecule has 0 aliphatic heterocycles. The number of benzene rings is 2. The molecule has 0 aliphatic carbocycles. The van der Waals surface area contributed by atoms with Crippen molar-refractivity contribution in [2.75, 3.05) is 0 Å². The number of amides is 1. The van der Waals surface area contributed by atoms with E-state index in [0.29, 0.717) is 18.0 Å². The molecule has 4 rings (SSSR count). The maximum absolute atomic E-state index is 12.3. The summed E-state index contributed by atoms with van der Waals surface area (Å²) in [5.41, 5.74) is 3.18. The predicted octanol–water partition coefficient (Wildman–Crippen LogP) is 4.84. The average Bonchev–Trinajstić information content (AvgIpc) is 3.30. The molecule has 2 aromatic carbocycles. The van der Waals surface area contributed by atoms with Gasteiger partial charge in [-0.15, -0.1) is 11.3 Å². The molecule has 0 saturated carbocycles. The van der Waals surface area contributed by atoms with Gasteiger partial charge in [0.1, 0.15) is 5.82 Å². The van der Waals surface area contributed by atoms with Crippen molar-refractivity contribution in [1.82, 2.24) is 14.9 Å². The Kier molecular flexibility index (Phi) is 4.86. The van der Waals surface area contributed by atoms with Crippen LogP contribution in [0.4, 0.5) is 0 Å². The number of thiophene rings is 1. The molecule has 130 valence electrons. The Labute approximate surface area is 163 Å². The Bertz CT molecular complexity index is 1040. The molecule has 0 saturated heterocycles.